The van der Waals surface area contributed by atoms with Gasteiger partial charge in [0.1, 0.15) is 0 Å². The Bertz CT molecular complexity index is 412. The monoisotopic (exact) mass is 275 g/mol. The molecule has 1 N–H and O–H groups in total. The molecule has 0 saturated heterocycles. The minimum absolute atomic E-state index is 0.540. The van der Waals surface area contributed by atoms with Crippen LogP contribution < -0.4 is 5.32 Å². The van der Waals surface area contributed by atoms with Gasteiger partial charge in [-0.1, -0.05) is 36.2 Å². The molecule has 1 aromatic rings. The van der Waals surface area contributed by atoms with Crippen LogP contribution in [-0.4, -0.2) is 17.5 Å². The molecular weight excluding hydrogens is 250 g/mol. The number of hydrogen-bond donors (Lipinski definition) is 1. The first-order valence-electron chi connectivity index (χ1n) is 7.58. The van der Waals surface area contributed by atoms with Crippen molar-refractivity contribution >= 4 is 11.8 Å². The predicted octanol–water partition coefficient (Wildman–Crippen LogP) is 4.32. The van der Waals surface area contributed by atoms with Crippen LogP contribution in [0, 0.1) is 12.8 Å². The quantitative estimate of drug-likeness (QED) is 0.829. The van der Waals surface area contributed by atoms with Gasteiger partial charge in [0, 0.05) is 17.3 Å². The van der Waals surface area contributed by atoms with Crippen LogP contribution in [0.2, 0.25) is 0 Å². The van der Waals surface area contributed by atoms with E-state index in [9.17, 15) is 0 Å². The summed E-state index contributed by atoms with van der Waals surface area (Å²) in [6, 6.07) is 9.72. The molecule has 1 nitrogen and oxygen atoms in total. The Morgan fingerprint density at radius 1 is 1.26 bits per heavy atom. The summed E-state index contributed by atoms with van der Waals surface area (Å²) in [5, 5.41) is 3.89. The normalized spacial score (nSPS) is 22.8. The molecule has 2 aliphatic carbocycles. The van der Waals surface area contributed by atoms with E-state index in [2.05, 4.69) is 54.5 Å². The second-order valence-electron chi connectivity index (χ2n) is 6.35. The number of aryl methyl sites for hydroxylation is 1. The zero-order valence-corrected chi connectivity index (χ0v) is 12.9. The Balaban J connectivity index is 1.66. The van der Waals surface area contributed by atoms with Crippen LogP contribution in [0.25, 0.3) is 0 Å². The van der Waals surface area contributed by atoms with E-state index in [-0.39, 0.29) is 0 Å². The summed E-state index contributed by atoms with van der Waals surface area (Å²) in [4.78, 5) is 0. The summed E-state index contributed by atoms with van der Waals surface area (Å²) in [6.07, 6.45) is 9.29. The van der Waals surface area contributed by atoms with Crippen molar-refractivity contribution in [1.82, 2.24) is 5.32 Å². The van der Waals surface area contributed by atoms with Gasteiger partial charge in [-0.05, 0) is 50.3 Å². The van der Waals surface area contributed by atoms with Gasteiger partial charge >= 0.3 is 0 Å². The van der Waals surface area contributed by atoms with E-state index in [1.165, 1.54) is 49.8 Å². The zero-order chi connectivity index (χ0) is 13.3. The first-order chi connectivity index (χ1) is 9.22. The van der Waals surface area contributed by atoms with Gasteiger partial charge in [0.15, 0.2) is 0 Å². The molecule has 1 atom stereocenters. The second kappa shape index (κ2) is 5.49. The molecule has 2 heteroatoms. The van der Waals surface area contributed by atoms with E-state index in [1.54, 1.807) is 0 Å². The molecule has 3 rings (SSSR count). The van der Waals surface area contributed by atoms with Crippen molar-refractivity contribution < 1.29 is 0 Å². The van der Waals surface area contributed by atoms with Crippen LogP contribution in [0.5, 0.6) is 0 Å². The highest BCUT2D eigenvalue weighted by Crippen LogP contribution is 2.45. The van der Waals surface area contributed by atoms with Crippen LogP contribution in [0.4, 0.5) is 0 Å². The molecule has 2 aliphatic rings. The third-order valence-corrected chi connectivity index (χ3v) is 6.29. The third-order valence-electron chi connectivity index (χ3n) is 4.87. The van der Waals surface area contributed by atoms with Crippen molar-refractivity contribution in [3.05, 3.63) is 35.4 Å². The highest BCUT2D eigenvalue weighted by molar-refractivity contribution is 8.00. The van der Waals surface area contributed by atoms with Crippen molar-refractivity contribution in [3.63, 3.8) is 0 Å². The smallest absolute Gasteiger partial charge is 0.0349 e. The summed E-state index contributed by atoms with van der Waals surface area (Å²) < 4.78 is 0.540. The van der Waals surface area contributed by atoms with E-state index >= 15 is 0 Å². The molecule has 0 aliphatic heterocycles. The van der Waals surface area contributed by atoms with Crippen molar-refractivity contribution in [2.24, 2.45) is 5.92 Å². The average molecular weight is 275 g/mol. The van der Waals surface area contributed by atoms with E-state index < -0.39 is 0 Å². The zero-order valence-electron chi connectivity index (χ0n) is 12.1. The summed E-state index contributed by atoms with van der Waals surface area (Å²) in [5.74, 6) is 0.877. The molecule has 2 fully saturated rings. The van der Waals surface area contributed by atoms with Gasteiger partial charge in [0.2, 0.25) is 0 Å². The summed E-state index contributed by atoms with van der Waals surface area (Å²) in [7, 11) is 0. The number of thioether (sulfide) groups is 1. The lowest BCUT2D eigenvalue weighted by Crippen LogP contribution is -2.44. The number of hydrogen-bond acceptors (Lipinski definition) is 2. The second-order valence-corrected chi connectivity index (χ2v) is 7.62. The fourth-order valence-electron chi connectivity index (χ4n) is 3.08. The lowest BCUT2D eigenvalue weighted by molar-refractivity contribution is 0.322. The maximum Gasteiger partial charge on any atom is 0.0349 e. The first-order valence-corrected chi connectivity index (χ1v) is 8.80. The van der Waals surface area contributed by atoms with Gasteiger partial charge < -0.3 is 5.32 Å². The number of nitrogens with one attached hydrogen (secondary N) is 1. The number of rotatable bonds is 6. The molecule has 0 aromatic heterocycles. The maximum atomic E-state index is 3.89. The van der Waals surface area contributed by atoms with Crippen molar-refractivity contribution in [2.75, 3.05) is 12.8 Å². The highest BCUT2D eigenvalue weighted by Gasteiger charge is 2.38. The van der Waals surface area contributed by atoms with E-state index in [1.807, 2.05) is 0 Å². The van der Waals surface area contributed by atoms with E-state index in [4.69, 9.17) is 0 Å². The predicted molar refractivity (Wildman–Crippen MR) is 84.7 cm³/mol. The Hall–Kier alpha value is -0.470. The molecule has 0 heterocycles. The fourth-order valence-corrected chi connectivity index (χ4v) is 4.00. The maximum absolute atomic E-state index is 3.89. The third kappa shape index (κ3) is 3.00. The van der Waals surface area contributed by atoms with Gasteiger partial charge in [0.05, 0.1) is 0 Å². The van der Waals surface area contributed by atoms with Crippen molar-refractivity contribution in [1.29, 1.82) is 0 Å². The highest BCUT2D eigenvalue weighted by atomic mass is 32.2. The Morgan fingerprint density at radius 2 is 1.95 bits per heavy atom. The number of benzene rings is 1. The Morgan fingerprint density at radius 3 is 2.42 bits per heavy atom. The van der Waals surface area contributed by atoms with E-state index in [0.717, 1.165) is 5.92 Å². The molecule has 1 unspecified atom stereocenters. The molecule has 0 radical (unpaired) electrons. The Labute approximate surface area is 121 Å². The lowest BCUT2D eigenvalue weighted by atomic mass is 9.83. The average Bonchev–Trinajstić information content (AvgIpc) is 3.19. The van der Waals surface area contributed by atoms with Crippen LogP contribution in [0.15, 0.2) is 24.3 Å². The van der Waals surface area contributed by atoms with Gasteiger partial charge in [-0.2, -0.15) is 11.8 Å². The van der Waals surface area contributed by atoms with Gasteiger partial charge in [0.25, 0.3) is 0 Å². The molecule has 104 valence electrons. The summed E-state index contributed by atoms with van der Waals surface area (Å²) in [6.45, 7) is 3.35. The summed E-state index contributed by atoms with van der Waals surface area (Å²) >= 11 is 2.07. The molecule has 0 spiro atoms. The first kappa shape index (κ1) is 13.5. The largest absolute Gasteiger partial charge is 0.308 e. The van der Waals surface area contributed by atoms with Gasteiger partial charge in [-0.25, -0.2) is 0 Å². The SMILES string of the molecule is CSC1(CNC(c2ccc(C)cc2)C2CC2)CCC1. The molecule has 1 aromatic carbocycles. The van der Waals surface area contributed by atoms with E-state index in [0.29, 0.717) is 10.8 Å². The molecule has 2 saturated carbocycles. The molecule has 0 bridgehead atoms. The topological polar surface area (TPSA) is 12.0 Å². The van der Waals surface area contributed by atoms with Crippen LogP contribution in [0.3, 0.4) is 0 Å². The van der Waals surface area contributed by atoms with Crippen LogP contribution in [0.1, 0.15) is 49.3 Å². The fraction of sp³-hybridized carbons (Fsp3) is 0.647. The minimum atomic E-state index is 0.540. The molecule has 19 heavy (non-hydrogen) atoms. The van der Waals surface area contributed by atoms with Crippen LogP contribution in [-0.2, 0) is 0 Å². The van der Waals surface area contributed by atoms with Crippen LogP contribution >= 0.6 is 11.8 Å². The Kier molecular flexibility index (Phi) is 3.91. The van der Waals surface area contributed by atoms with Crippen molar-refractivity contribution in [3.8, 4) is 0 Å². The van der Waals surface area contributed by atoms with Gasteiger partial charge in [-0.15, -0.1) is 0 Å². The minimum Gasteiger partial charge on any atom is -0.308 e. The van der Waals surface area contributed by atoms with Gasteiger partial charge in [-0.3, -0.25) is 0 Å². The lowest BCUT2D eigenvalue weighted by Gasteiger charge is -2.41. The molecule has 0 amide bonds. The standard InChI is InChI=1S/C17H25NS/c1-13-4-6-14(7-5-13)16(15-8-9-15)18-12-17(19-2)10-3-11-17/h4-7,15-16,18H,3,8-12H2,1-2H3. The summed E-state index contributed by atoms with van der Waals surface area (Å²) in [5.41, 5.74) is 2.85. The van der Waals surface area contributed by atoms with Crippen molar-refractivity contribution in [2.45, 2.75) is 49.8 Å². The molecular formula is C17H25NS.